The Morgan fingerprint density at radius 1 is 0.925 bits per heavy atom. The van der Waals surface area contributed by atoms with Crippen molar-refractivity contribution in [2.75, 3.05) is 32.7 Å². The second-order valence-corrected chi connectivity index (χ2v) is 11.2. The molecule has 0 saturated carbocycles. The number of aromatic nitrogens is 3. The van der Waals surface area contributed by atoms with Crippen molar-refractivity contribution in [3.8, 4) is 27.4 Å². The first-order valence-electron chi connectivity index (χ1n) is 13.6. The summed E-state index contributed by atoms with van der Waals surface area (Å²) >= 11 is 1.66. The van der Waals surface area contributed by atoms with Gasteiger partial charge in [-0.25, -0.2) is 9.37 Å². The van der Waals surface area contributed by atoms with Crippen LogP contribution >= 0.6 is 11.3 Å². The molecular weight excluding hydrogens is 525 g/mol. The van der Waals surface area contributed by atoms with Gasteiger partial charge in [-0.05, 0) is 36.8 Å². The lowest BCUT2D eigenvalue weighted by Gasteiger charge is -2.40. The second kappa shape index (κ2) is 11.9. The Balaban J connectivity index is 1.04. The molecule has 3 heterocycles. The highest BCUT2D eigenvalue weighted by atomic mass is 32.1. The van der Waals surface area contributed by atoms with E-state index < -0.39 is 12.3 Å². The van der Waals surface area contributed by atoms with Crippen molar-refractivity contribution in [3.05, 3.63) is 91.0 Å². The van der Waals surface area contributed by atoms with E-state index >= 15 is 0 Å². The predicted molar refractivity (Wildman–Crippen MR) is 157 cm³/mol. The van der Waals surface area contributed by atoms with Crippen molar-refractivity contribution in [2.24, 2.45) is 0 Å². The number of rotatable bonds is 9. The first-order valence-corrected chi connectivity index (χ1v) is 14.4. The summed E-state index contributed by atoms with van der Waals surface area (Å²) in [5.41, 5.74) is 3.94. The van der Waals surface area contributed by atoms with Gasteiger partial charge in [-0.3, -0.25) is 14.5 Å². The molecule has 0 amide bonds. The molecule has 9 heteroatoms. The van der Waals surface area contributed by atoms with Crippen molar-refractivity contribution in [2.45, 2.75) is 25.8 Å². The molecular formula is C31H32FN5O2S. The summed E-state index contributed by atoms with van der Waals surface area (Å²) in [5, 5.41) is 16.1. The zero-order chi connectivity index (χ0) is 27.5. The van der Waals surface area contributed by atoms with Gasteiger partial charge in [-0.2, -0.15) is 5.10 Å². The highest BCUT2D eigenvalue weighted by Crippen LogP contribution is 2.32. The number of hydrogen-bond acceptors (Lipinski definition) is 7. The smallest absolute Gasteiger partial charge is 0.178 e. The van der Waals surface area contributed by atoms with E-state index in [1.165, 1.54) is 12.1 Å². The number of ether oxygens (including phenoxy) is 1. The normalized spacial score (nSPS) is 16.3. The molecule has 0 bridgehead atoms. The van der Waals surface area contributed by atoms with Crippen molar-refractivity contribution in [1.29, 1.82) is 0 Å². The number of nitrogens with zero attached hydrogens (tertiary/aromatic N) is 5. The average molecular weight is 558 g/mol. The minimum atomic E-state index is -0.647. The van der Waals surface area contributed by atoms with Gasteiger partial charge < -0.3 is 9.84 Å². The van der Waals surface area contributed by atoms with Crippen LogP contribution in [0.25, 0.3) is 31.9 Å². The van der Waals surface area contributed by atoms with Crippen LogP contribution in [0.5, 0.6) is 5.75 Å². The van der Waals surface area contributed by atoms with Crippen LogP contribution in [-0.2, 0) is 6.54 Å². The molecule has 1 aliphatic rings. The summed E-state index contributed by atoms with van der Waals surface area (Å²) in [4.78, 5) is 9.43. The number of thiazole rings is 1. The molecule has 0 aliphatic carbocycles. The average Bonchev–Trinajstić information content (AvgIpc) is 3.63. The van der Waals surface area contributed by atoms with E-state index in [2.05, 4.69) is 27.0 Å². The molecule has 1 fully saturated rings. The highest BCUT2D eigenvalue weighted by Gasteiger charge is 2.29. The van der Waals surface area contributed by atoms with Crippen LogP contribution in [0.15, 0.2) is 85.2 Å². The number of aliphatic hydroxyl groups is 1. The van der Waals surface area contributed by atoms with Crippen LogP contribution in [0, 0.1) is 5.82 Å². The van der Waals surface area contributed by atoms with Gasteiger partial charge in [-0.15, -0.1) is 11.3 Å². The number of piperazine rings is 1. The van der Waals surface area contributed by atoms with E-state index in [0.29, 0.717) is 5.75 Å². The summed E-state index contributed by atoms with van der Waals surface area (Å²) in [6.07, 6.45) is 2.74. The quantitative estimate of drug-likeness (QED) is 0.263. The molecule has 2 aromatic heterocycles. The van der Waals surface area contributed by atoms with Crippen molar-refractivity contribution < 1.29 is 14.2 Å². The second-order valence-electron chi connectivity index (χ2n) is 10.1. The maximum atomic E-state index is 13.2. The van der Waals surface area contributed by atoms with E-state index in [-0.39, 0.29) is 5.82 Å². The molecule has 1 N–H and O–H groups in total. The maximum Gasteiger partial charge on any atom is 0.178 e. The minimum absolute atomic E-state index is 0.239. The topological polar surface area (TPSA) is 66.7 Å². The van der Waals surface area contributed by atoms with Gasteiger partial charge in [0.15, 0.2) is 6.23 Å². The van der Waals surface area contributed by atoms with Crippen LogP contribution in [-0.4, -0.2) is 74.7 Å². The lowest BCUT2D eigenvalue weighted by Crippen LogP contribution is -2.55. The van der Waals surface area contributed by atoms with Gasteiger partial charge >= 0.3 is 0 Å². The summed E-state index contributed by atoms with van der Waals surface area (Å²) < 4.78 is 22.6. The highest BCUT2D eigenvalue weighted by molar-refractivity contribution is 7.21. The number of fused-ring (bicyclic) bond motifs is 1. The minimum Gasteiger partial charge on any atom is -0.472 e. The number of benzene rings is 3. The van der Waals surface area contributed by atoms with Crippen LogP contribution in [0.1, 0.15) is 6.92 Å². The standard InChI is InChI=1S/C31H32FN5O2S/c1-22(38)31(39-27-11-12-29-28(19-27)34-30(40-29)24-5-3-2-4-6-24)36-16-13-35(14-17-36)15-18-37-21-25(20-33-37)23-7-9-26(32)10-8-23/h2-12,19-22,31,38H,13-18H2,1H3/t22-,31?/m0/s1. The van der Waals surface area contributed by atoms with Gasteiger partial charge in [0, 0.05) is 56.1 Å². The lowest BCUT2D eigenvalue weighted by molar-refractivity contribution is -0.0746. The van der Waals surface area contributed by atoms with Gasteiger partial charge in [-0.1, -0.05) is 42.5 Å². The van der Waals surface area contributed by atoms with E-state index in [9.17, 15) is 9.50 Å². The number of hydrogen-bond donors (Lipinski definition) is 1. The lowest BCUT2D eigenvalue weighted by atomic mass is 10.1. The van der Waals surface area contributed by atoms with E-state index in [4.69, 9.17) is 9.72 Å². The zero-order valence-corrected chi connectivity index (χ0v) is 23.2. The fraction of sp³-hybridized carbons (Fsp3) is 0.290. The van der Waals surface area contributed by atoms with Gasteiger partial charge in [0.05, 0.1) is 23.0 Å². The Morgan fingerprint density at radius 2 is 1.70 bits per heavy atom. The first-order chi connectivity index (χ1) is 19.5. The summed E-state index contributed by atoms with van der Waals surface area (Å²) in [6.45, 7) is 6.79. The Morgan fingerprint density at radius 3 is 2.45 bits per heavy atom. The summed E-state index contributed by atoms with van der Waals surface area (Å²) in [6, 6.07) is 22.6. The van der Waals surface area contributed by atoms with E-state index in [1.807, 2.05) is 53.5 Å². The predicted octanol–water partition coefficient (Wildman–Crippen LogP) is 5.37. The van der Waals surface area contributed by atoms with E-state index in [1.54, 1.807) is 30.4 Å². The van der Waals surface area contributed by atoms with E-state index in [0.717, 1.165) is 71.2 Å². The molecule has 0 radical (unpaired) electrons. The molecule has 206 valence electrons. The molecule has 6 rings (SSSR count). The van der Waals surface area contributed by atoms with Crippen LogP contribution in [0.4, 0.5) is 4.39 Å². The molecule has 0 spiro atoms. The van der Waals surface area contributed by atoms with Crippen LogP contribution in [0.2, 0.25) is 0 Å². The molecule has 1 aliphatic heterocycles. The third-order valence-electron chi connectivity index (χ3n) is 7.27. The Labute approximate surface area is 237 Å². The molecule has 1 unspecified atom stereocenters. The molecule has 40 heavy (non-hydrogen) atoms. The molecule has 3 aromatic carbocycles. The van der Waals surface area contributed by atoms with Gasteiger partial charge in [0.25, 0.3) is 0 Å². The number of aliphatic hydroxyl groups excluding tert-OH is 1. The maximum absolute atomic E-state index is 13.2. The first kappa shape index (κ1) is 26.6. The Kier molecular flexibility index (Phi) is 7.88. The summed E-state index contributed by atoms with van der Waals surface area (Å²) in [7, 11) is 0. The third kappa shape index (κ3) is 6.08. The molecule has 7 nitrogen and oxygen atoms in total. The SMILES string of the molecule is C[C@H](O)C(Oc1ccc2sc(-c3ccccc3)nc2c1)N1CCN(CCn2cc(-c3ccc(F)cc3)cn2)CC1. The van der Waals surface area contributed by atoms with Gasteiger partial charge in [0.2, 0.25) is 0 Å². The summed E-state index contributed by atoms with van der Waals surface area (Å²) in [5.74, 6) is 0.470. The monoisotopic (exact) mass is 557 g/mol. The van der Waals surface area contributed by atoms with Crippen molar-refractivity contribution in [3.63, 3.8) is 0 Å². The largest absolute Gasteiger partial charge is 0.472 e. The molecule has 2 atom stereocenters. The molecule has 5 aromatic rings. The zero-order valence-electron chi connectivity index (χ0n) is 22.4. The van der Waals surface area contributed by atoms with Crippen LogP contribution in [0.3, 0.4) is 0 Å². The van der Waals surface area contributed by atoms with Crippen molar-refractivity contribution in [1.82, 2.24) is 24.6 Å². The van der Waals surface area contributed by atoms with Crippen LogP contribution < -0.4 is 4.74 Å². The van der Waals surface area contributed by atoms with Gasteiger partial charge in [0.1, 0.15) is 22.7 Å². The fourth-order valence-electron chi connectivity index (χ4n) is 5.06. The third-order valence-corrected chi connectivity index (χ3v) is 8.36. The fourth-order valence-corrected chi connectivity index (χ4v) is 6.02. The Bertz CT molecular complexity index is 1550. The number of halogens is 1. The van der Waals surface area contributed by atoms with Crippen molar-refractivity contribution >= 4 is 21.6 Å². The molecule has 1 saturated heterocycles. The Hall–Kier alpha value is -3.63.